The predicted molar refractivity (Wildman–Crippen MR) is 96.3 cm³/mol. The molecule has 0 amide bonds. The van der Waals surface area contributed by atoms with Gasteiger partial charge in [0.1, 0.15) is 17.9 Å². The van der Waals surface area contributed by atoms with Crippen LogP contribution in [-0.4, -0.2) is 24.8 Å². The molecule has 0 radical (unpaired) electrons. The number of ether oxygens (including phenoxy) is 1. The average Bonchev–Trinajstić information content (AvgIpc) is 3.15. The standard InChI is InChI=1S/C21H27NO2/c1-2-16-24-19-12-10-18(11-13-19)21(23)20(22-14-6-7-15-22)17-8-4-3-5-9-17/h3-5,8-13,20-21,23H,2,6-7,14-16H2,1H3/p+1/t20-,21-/m1/s1. The second-order valence-electron chi connectivity index (χ2n) is 6.62. The van der Waals surface area contributed by atoms with Crippen molar-refractivity contribution in [3.05, 3.63) is 65.7 Å². The number of nitrogens with one attached hydrogen (secondary N) is 1. The Balaban J connectivity index is 1.81. The molecule has 0 aromatic heterocycles. The molecular formula is C21H28NO2+. The van der Waals surface area contributed by atoms with Crippen molar-refractivity contribution in [1.29, 1.82) is 0 Å². The third-order valence-corrected chi connectivity index (χ3v) is 4.85. The number of aliphatic hydroxyl groups excluding tert-OH is 1. The van der Waals surface area contributed by atoms with Crippen LogP contribution in [0, 0.1) is 0 Å². The Morgan fingerprint density at radius 2 is 1.62 bits per heavy atom. The van der Waals surface area contributed by atoms with Gasteiger partial charge in [-0.25, -0.2) is 0 Å². The molecule has 0 aliphatic carbocycles. The predicted octanol–water partition coefficient (Wildman–Crippen LogP) is 2.93. The maximum Gasteiger partial charge on any atom is 0.144 e. The van der Waals surface area contributed by atoms with Crippen LogP contribution < -0.4 is 9.64 Å². The van der Waals surface area contributed by atoms with E-state index in [1.807, 2.05) is 30.3 Å². The van der Waals surface area contributed by atoms with E-state index >= 15 is 0 Å². The molecule has 0 unspecified atom stereocenters. The SMILES string of the molecule is CCCOc1ccc([C@@H](O)[C@@H](c2ccccc2)[NH+]2CCCC2)cc1. The van der Waals surface area contributed by atoms with Gasteiger partial charge in [0.25, 0.3) is 0 Å². The van der Waals surface area contributed by atoms with Gasteiger partial charge < -0.3 is 14.7 Å². The van der Waals surface area contributed by atoms with Crippen LogP contribution >= 0.6 is 0 Å². The van der Waals surface area contributed by atoms with Crippen molar-refractivity contribution in [2.24, 2.45) is 0 Å². The van der Waals surface area contributed by atoms with Gasteiger partial charge in [0, 0.05) is 18.4 Å². The summed E-state index contributed by atoms with van der Waals surface area (Å²) >= 11 is 0. The van der Waals surface area contributed by atoms with Gasteiger partial charge in [0.15, 0.2) is 0 Å². The highest BCUT2D eigenvalue weighted by Crippen LogP contribution is 2.28. The highest BCUT2D eigenvalue weighted by molar-refractivity contribution is 5.30. The number of hydrogen-bond donors (Lipinski definition) is 2. The van der Waals surface area contributed by atoms with Crippen molar-refractivity contribution < 1.29 is 14.7 Å². The third kappa shape index (κ3) is 3.97. The fraction of sp³-hybridized carbons (Fsp3) is 0.429. The van der Waals surface area contributed by atoms with E-state index in [0.29, 0.717) is 0 Å². The molecule has 24 heavy (non-hydrogen) atoms. The fourth-order valence-electron chi connectivity index (χ4n) is 3.62. The number of benzene rings is 2. The Morgan fingerprint density at radius 3 is 2.25 bits per heavy atom. The van der Waals surface area contributed by atoms with Crippen LogP contribution in [0.3, 0.4) is 0 Å². The maximum atomic E-state index is 11.1. The van der Waals surface area contributed by atoms with Crippen LogP contribution in [0.15, 0.2) is 54.6 Å². The lowest BCUT2D eigenvalue weighted by atomic mass is 9.94. The van der Waals surface area contributed by atoms with Gasteiger partial charge in [-0.15, -0.1) is 0 Å². The lowest BCUT2D eigenvalue weighted by molar-refractivity contribution is -0.924. The van der Waals surface area contributed by atoms with Gasteiger partial charge in [-0.3, -0.25) is 0 Å². The molecule has 3 nitrogen and oxygen atoms in total. The molecule has 2 aromatic rings. The van der Waals surface area contributed by atoms with E-state index in [1.54, 1.807) is 0 Å². The van der Waals surface area contributed by atoms with Gasteiger partial charge in [-0.05, 0) is 24.1 Å². The second-order valence-corrected chi connectivity index (χ2v) is 6.62. The van der Waals surface area contributed by atoms with E-state index in [4.69, 9.17) is 4.74 Å². The molecule has 1 fully saturated rings. The highest BCUT2D eigenvalue weighted by Gasteiger charge is 2.34. The largest absolute Gasteiger partial charge is 0.494 e. The zero-order valence-electron chi connectivity index (χ0n) is 14.4. The number of quaternary nitrogens is 1. The summed E-state index contributed by atoms with van der Waals surface area (Å²) in [5.74, 6) is 0.873. The van der Waals surface area contributed by atoms with Crippen LogP contribution in [0.4, 0.5) is 0 Å². The molecule has 1 saturated heterocycles. The van der Waals surface area contributed by atoms with Crippen molar-refractivity contribution in [3.63, 3.8) is 0 Å². The zero-order valence-corrected chi connectivity index (χ0v) is 14.4. The minimum absolute atomic E-state index is 0.0936. The van der Waals surface area contributed by atoms with Crippen molar-refractivity contribution in [3.8, 4) is 5.75 Å². The van der Waals surface area contributed by atoms with Crippen molar-refractivity contribution in [1.82, 2.24) is 0 Å². The quantitative estimate of drug-likeness (QED) is 0.820. The van der Waals surface area contributed by atoms with Crippen LogP contribution in [0.1, 0.15) is 49.5 Å². The summed E-state index contributed by atoms with van der Waals surface area (Å²) < 4.78 is 5.65. The summed E-state index contributed by atoms with van der Waals surface area (Å²) in [6.07, 6.45) is 2.99. The van der Waals surface area contributed by atoms with Crippen molar-refractivity contribution >= 4 is 0 Å². The Bertz CT molecular complexity index is 605. The van der Waals surface area contributed by atoms with E-state index in [0.717, 1.165) is 37.4 Å². The van der Waals surface area contributed by atoms with E-state index in [-0.39, 0.29) is 6.04 Å². The molecule has 2 aromatic carbocycles. The molecule has 1 aliphatic rings. The van der Waals surface area contributed by atoms with E-state index in [1.165, 1.54) is 23.3 Å². The number of aliphatic hydroxyl groups is 1. The number of likely N-dealkylation sites (tertiary alicyclic amines) is 1. The molecule has 0 spiro atoms. The number of hydrogen-bond acceptors (Lipinski definition) is 2. The summed E-state index contributed by atoms with van der Waals surface area (Å²) in [6.45, 7) is 5.09. The second kappa shape index (κ2) is 8.32. The topological polar surface area (TPSA) is 33.9 Å². The van der Waals surface area contributed by atoms with Crippen molar-refractivity contribution in [2.75, 3.05) is 19.7 Å². The molecule has 0 saturated carbocycles. The fourth-order valence-corrected chi connectivity index (χ4v) is 3.62. The Kier molecular flexibility index (Phi) is 5.89. The summed E-state index contributed by atoms with van der Waals surface area (Å²) in [4.78, 5) is 1.49. The molecule has 3 heteroatoms. The van der Waals surface area contributed by atoms with E-state index in [2.05, 4.69) is 31.2 Å². The lowest BCUT2D eigenvalue weighted by Crippen LogP contribution is -3.10. The molecule has 1 heterocycles. The first-order chi connectivity index (χ1) is 11.8. The van der Waals surface area contributed by atoms with E-state index < -0.39 is 6.10 Å². The summed E-state index contributed by atoms with van der Waals surface area (Å²) in [7, 11) is 0. The van der Waals surface area contributed by atoms with Gasteiger partial charge in [0.2, 0.25) is 0 Å². The van der Waals surface area contributed by atoms with Gasteiger partial charge in [-0.1, -0.05) is 49.4 Å². The van der Waals surface area contributed by atoms with E-state index in [9.17, 15) is 5.11 Å². The highest BCUT2D eigenvalue weighted by atomic mass is 16.5. The molecule has 1 aliphatic heterocycles. The smallest absolute Gasteiger partial charge is 0.144 e. The first-order valence-electron chi connectivity index (χ1n) is 9.10. The maximum absolute atomic E-state index is 11.1. The third-order valence-electron chi connectivity index (χ3n) is 4.85. The first kappa shape index (κ1) is 17.0. The molecule has 2 N–H and O–H groups in total. The Hall–Kier alpha value is -1.84. The summed E-state index contributed by atoms with van der Waals surface area (Å²) in [5, 5.41) is 11.1. The minimum atomic E-state index is -0.499. The first-order valence-corrected chi connectivity index (χ1v) is 9.10. The van der Waals surface area contributed by atoms with Gasteiger partial charge in [-0.2, -0.15) is 0 Å². The van der Waals surface area contributed by atoms with Crippen LogP contribution in [0.5, 0.6) is 5.75 Å². The van der Waals surface area contributed by atoms with Gasteiger partial charge in [0.05, 0.1) is 19.7 Å². The Morgan fingerprint density at radius 1 is 0.958 bits per heavy atom. The Labute approximate surface area is 144 Å². The minimum Gasteiger partial charge on any atom is -0.494 e. The van der Waals surface area contributed by atoms with Crippen molar-refractivity contribution in [2.45, 2.75) is 38.3 Å². The molecule has 0 bridgehead atoms. The molecule has 2 atom stereocenters. The number of rotatable bonds is 7. The zero-order chi connectivity index (χ0) is 16.8. The van der Waals surface area contributed by atoms with Crippen LogP contribution in [0.25, 0.3) is 0 Å². The van der Waals surface area contributed by atoms with Crippen LogP contribution in [-0.2, 0) is 0 Å². The molecular weight excluding hydrogens is 298 g/mol. The summed E-state index contributed by atoms with van der Waals surface area (Å²) in [6, 6.07) is 18.5. The normalized spacial score (nSPS) is 17.6. The summed E-state index contributed by atoms with van der Waals surface area (Å²) in [5.41, 5.74) is 2.18. The van der Waals surface area contributed by atoms with Gasteiger partial charge >= 0.3 is 0 Å². The van der Waals surface area contributed by atoms with Crippen LogP contribution in [0.2, 0.25) is 0 Å². The molecule has 3 rings (SSSR count). The lowest BCUT2D eigenvalue weighted by Gasteiger charge is -2.29. The monoisotopic (exact) mass is 326 g/mol. The molecule has 128 valence electrons. The average molecular weight is 326 g/mol.